The van der Waals surface area contributed by atoms with E-state index in [1.165, 1.54) is 0 Å². The Morgan fingerprint density at radius 2 is 1.94 bits per heavy atom. The van der Waals surface area contributed by atoms with Gasteiger partial charge in [0.2, 0.25) is 0 Å². The monoisotopic (exact) mass is 250 g/mol. The van der Waals surface area contributed by atoms with Gasteiger partial charge in [0.15, 0.2) is 0 Å². The summed E-state index contributed by atoms with van der Waals surface area (Å²) in [5.41, 5.74) is 0. The Morgan fingerprint density at radius 1 is 1.41 bits per heavy atom. The molecule has 1 aliphatic heterocycles. The molecule has 98 valence electrons. The Kier molecular flexibility index (Phi) is 4.07. The summed E-state index contributed by atoms with van der Waals surface area (Å²) in [6, 6.07) is 0. The van der Waals surface area contributed by atoms with Gasteiger partial charge in [0.05, 0.1) is 12.2 Å². The van der Waals surface area contributed by atoms with E-state index in [2.05, 4.69) is 4.74 Å². The van der Waals surface area contributed by atoms with E-state index in [1.807, 2.05) is 0 Å². The molecule has 0 saturated carbocycles. The molecule has 5 unspecified atom stereocenters. The maximum Gasteiger partial charge on any atom is 0.364 e. The molecule has 1 fully saturated rings. The summed E-state index contributed by atoms with van der Waals surface area (Å²) in [6.07, 6.45) is -9.48. The highest BCUT2D eigenvalue weighted by Crippen LogP contribution is 2.30. The van der Waals surface area contributed by atoms with E-state index in [1.54, 1.807) is 0 Å². The number of hydrogen-bond donors (Lipinski definition) is 6. The summed E-state index contributed by atoms with van der Waals surface area (Å²) in [5.74, 6) is -4.54. The largest absolute Gasteiger partial charge is 0.477 e. The van der Waals surface area contributed by atoms with Crippen molar-refractivity contribution in [1.82, 2.24) is 0 Å². The number of rotatable bonds is 3. The van der Waals surface area contributed by atoms with Gasteiger partial charge >= 0.3 is 5.97 Å². The van der Waals surface area contributed by atoms with Crippen molar-refractivity contribution in [2.75, 3.05) is 0 Å². The minimum atomic E-state index is -2.75. The summed E-state index contributed by atoms with van der Waals surface area (Å²) >= 11 is 0. The van der Waals surface area contributed by atoms with Crippen LogP contribution in [0.25, 0.3) is 0 Å². The zero-order valence-corrected chi connectivity index (χ0v) is 8.67. The van der Waals surface area contributed by atoms with Gasteiger partial charge in [0, 0.05) is 6.42 Å². The molecule has 8 nitrogen and oxygen atoms in total. The lowest BCUT2D eigenvalue weighted by molar-refractivity contribution is -0.311. The summed E-state index contributed by atoms with van der Waals surface area (Å²) < 4.78 is 4.60. The van der Waals surface area contributed by atoms with Crippen molar-refractivity contribution in [3.05, 3.63) is 6.92 Å². The smallest absolute Gasteiger partial charge is 0.364 e. The number of carbonyl (C=O) groups is 1. The highest BCUT2D eigenvalue weighted by Gasteiger charge is 2.52. The van der Waals surface area contributed by atoms with Gasteiger partial charge in [-0.05, 0) is 6.92 Å². The maximum absolute atomic E-state index is 10.7. The lowest BCUT2D eigenvalue weighted by atomic mass is 9.91. The maximum atomic E-state index is 10.7. The predicted molar refractivity (Wildman–Crippen MR) is 50.4 cm³/mol. The normalized spacial score (nSPS) is 41.9. The second kappa shape index (κ2) is 4.84. The van der Waals surface area contributed by atoms with Crippen LogP contribution in [0.3, 0.4) is 0 Å². The van der Waals surface area contributed by atoms with Gasteiger partial charge < -0.3 is 35.4 Å². The van der Waals surface area contributed by atoms with Crippen LogP contribution >= 0.6 is 0 Å². The predicted octanol–water partition coefficient (Wildman–Crippen LogP) is -3.30. The Bertz CT molecular complexity index is 289. The second-order valence-corrected chi connectivity index (χ2v) is 3.92. The first-order valence-electron chi connectivity index (χ1n) is 4.80. The zero-order valence-electron chi connectivity index (χ0n) is 8.67. The van der Waals surface area contributed by atoms with Gasteiger partial charge in [-0.2, -0.15) is 0 Å². The molecule has 0 aromatic rings. The van der Waals surface area contributed by atoms with Crippen LogP contribution in [0.15, 0.2) is 0 Å². The number of aliphatic carboxylic acids is 1. The van der Waals surface area contributed by atoms with Crippen LogP contribution in [-0.4, -0.2) is 72.9 Å². The quantitative estimate of drug-likeness (QED) is 0.305. The first-order valence-corrected chi connectivity index (χ1v) is 4.80. The molecule has 0 aliphatic carbocycles. The van der Waals surface area contributed by atoms with E-state index in [0.717, 1.165) is 0 Å². The molecule has 8 heteroatoms. The van der Waals surface area contributed by atoms with E-state index >= 15 is 0 Å². The Morgan fingerprint density at radius 3 is 2.35 bits per heavy atom. The molecule has 0 amide bonds. The fraction of sp³-hybridized carbons (Fsp3) is 0.778. The molecule has 17 heavy (non-hydrogen) atoms. The van der Waals surface area contributed by atoms with Gasteiger partial charge in [-0.3, -0.25) is 0 Å². The molecule has 6 N–H and O–H groups in total. The minimum Gasteiger partial charge on any atom is -0.477 e. The van der Waals surface area contributed by atoms with Crippen LogP contribution < -0.4 is 0 Å². The Labute approximate surface area is 96.7 Å². The van der Waals surface area contributed by atoms with Gasteiger partial charge in [-0.1, -0.05) is 0 Å². The number of aliphatic hydroxyl groups is 5. The third kappa shape index (κ3) is 2.73. The minimum absolute atomic E-state index is 0.770. The number of carboxylic acids is 1. The molecule has 1 rings (SSSR count). The fourth-order valence-corrected chi connectivity index (χ4v) is 1.57. The molecule has 1 heterocycles. The number of hydrogen-bond acceptors (Lipinski definition) is 7. The standard InChI is InChI=1S/C9H14O8/c1-3(10)5(12)7-6(13)4(11)2-9(16,17-7)8(14)15/h1,3-7,10-13,16H,2H2,(H,14,15)/t3?,4?,5?,6-,7?,9?/m1/s1. The van der Waals surface area contributed by atoms with Crippen LogP contribution in [0.4, 0.5) is 0 Å². The first-order chi connectivity index (χ1) is 7.69. The lowest BCUT2D eigenvalue weighted by Gasteiger charge is -2.42. The number of aliphatic hydroxyl groups excluding tert-OH is 4. The third-order valence-electron chi connectivity index (χ3n) is 2.57. The Balaban J connectivity index is 2.93. The molecule has 0 spiro atoms. The SMILES string of the molecule is [CH]C(O)C(O)C1OC(O)(C(=O)O)CC(O)[C@H]1O. The molecular formula is C9H14O8. The highest BCUT2D eigenvalue weighted by atomic mass is 16.7. The molecule has 0 aromatic carbocycles. The van der Waals surface area contributed by atoms with E-state index in [4.69, 9.17) is 17.1 Å². The van der Waals surface area contributed by atoms with Gasteiger partial charge in [0.1, 0.15) is 18.3 Å². The molecule has 0 bridgehead atoms. The molecule has 1 aliphatic rings. The van der Waals surface area contributed by atoms with Crippen molar-refractivity contribution < 1.29 is 40.2 Å². The molecular weight excluding hydrogens is 236 g/mol. The molecule has 0 aromatic heterocycles. The average molecular weight is 250 g/mol. The highest BCUT2D eigenvalue weighted by molar-refractivity contribution is 5.75. The van der Waals surface area contributed by atoms with Gasteiger partial charge in [-0.15, -0.1) is 0 Å². The molecule has 1 saturated heterocycles. The molecule has 2 radical (unpaired) electrons. The molecule has 6 atom stereocenters. The number of ether oxygens (including phenoxy) is 1. The van der Waals surface area contributed by atoms with Crippen molar-refractivity contribution in [2.45, 2.75) is 42.7 Å². The summed E-state index contributed by atoms with van der Waals surface area (Å²) in [6.45, 7) is 4.94. The average Bonchev–Trinajstić information content (AvgIpc) is 2.22. The fourth-order valence-electron chi connectivity index (χ4n) is 1.57. The Hall–Kier alpha value is -0.770. The van der Waals surface area contributed by atoms with Crippen molar-refractivity contribution >= 4 is 5.97 Å². The van der Waals surface area contributed by atoms with Gasteiger partial charge in [-0.25, -0.2) is 4.79 Å². The van der Waals surface area contributed by atoms with E-state index < -0.39 is 48.7 Å². The van der Waals surface area contributed by atoms with Gasteiger partial charge in [0.25, 0.3) is 5.79 Å². The lowest BCUT2D eigenvalue weighted by Crippen LogP contribution is -2.62. The van der Waals surface area contributed by atoms with Crippen molar-refractivity contribution in [3.63, 3.8) is 0 Å². The van der Waals surface area contributed by atoms with Crippen LogP contribution in [0.5, 0.6) is 0 Å². The third-order valence-corrected chi connectivity index (χ3v) is 2.57. The van der Waals surface area contributed by atoms with Crippen LogP contribution in [0, 0.1) is 6.92 Å². The van der Waals surface area contributed by atoms with E-state index in [-0.39, 0.29) is 0 Å². The summed E-state index contributed by atoms with van der Waals surface area (Å²) in [4.78, 5) is 10.7. The summed E-state index contributed by atoms with van der Waals surface area (Å²) in [5, 5.41) is 55.3. The number of carboxylic acid groups (broad SMARTS) is 1. The van der Waals surface area contributed by atoms with Crippen LogP contribution in [0.2, 0.25) is 0 Å². The van der Waals surface area contributed by atoms with Crippen molar-refractivity contribution in [3.8, 4) is 0 Å². The topological polar surface area (TPSA) is 148 Å². The van der Waals surface area contributed by atoms with Crippen LogP contribution in [-0.2, 0) is 9.53 Å². The van der Waals surface area contributed by atoms with E-state index in [9.17, 15) is 25.2 Å². The van der Waals surface area contributed by atoms with Crippen molar-refractivity contribution in [2.24, 2.45) is 0 Å². The summed E-state index contributed by atoms with van der Waals surface area (Å²) in [7, 11) is 0. The van der Waals surface area contributed by atoms with E-state index in [0.29, 0.717) is 0 Å². The van der Waals surface area contributed by atoms with Crippen LogP contribution in [0.1, 0.15) is 6.42 Å². The van der Waals surface area contributed by atoms with Crippen molar-refractivity contribution in [1.29, 1.82) is 0 Å². The first kappa shape index (κ1) is 14.3. The zero-order chi connectivity index (χ0) is 13.4. The second-order valence-electron chi connectivity index (χ2n) is 3.92.